The second-order valence-electron chi connectivity index (χ2n) is 5.83. The zero-order chi connectivity index (χ0) is 19.5. The minimum Gasteiger partial charge on any atom is -0.334 e. The van der Waals surface area contributed by atoms with Crippen molar-refractivity contribution in [3.05, 3.63) is 83.4 Å². The van der Waals surface area contributed by atoms with Crippen LogP contribution in [-0.2, 0) is 0 Å². The highest BCUT2D eigenvalue weighted by Gasteiger charge is 2.14. The SMILES string of the molecule is O=C(Nc1cccc(-c2noc(-c3cncc(Cl)c3)n2)c1)c1ccccc1F. The molecule has 4 aromatic rings. The van der Waals surface area contributed by atoms with Crippen molar-refractivity contribution in [3.8, 4) is 22.8 Å². The van der Waals surface area contributed by atoms with Crippen molar-refractivity contribution in [1.82, 2.24) is 15.1 Å². The van der Waals surface area contributed by atoms with E-state index >= 15 is 0 Å². The van der Waals surface area contributed by atoms with Gasteiger partial charge in [0.05, 0.1) is 16.1 Å². The molecular formula is C20H12ClFN4O2. The number of carbonyl (C=O) groups is 1. The van der Waals surface area contributed by atoms with E-state index < -0.39 is 11.7 Å². The number of carbonyl (C=O) groups excluding carboxylic acids is 1. The number of nitrogens with zero attached hydrogens (tertiary/aromatic N) is 3. The summed E-state index contributed by atoms with van der Waals surface area (Å²) in [5, 5.41) is 7.07. The number of rotatable bonds is 4. The van der Waals surface area contributed by atoms with Gasteiger partial charge in [-0.05, 0) is 30.3 Å². The lowest BCUT2D eigenvalue weighted by atomic mass is 10.1. The average molecular weight is 395 g/mol. The van der Waals surface area contributed by atoms with Gasteiger partial charge in [-0.25, -0.2) is 4.39 Å². The van der Waals surface area contributed by atoms with E-state index in [1.165, 1.54) is 24.4 Å². The van der Waals surface area contributed by atoms with Crippen LogP contribution in [0.15, 0.2) is 71.5 Å². The third kappa shape index (κ3) is 3.74. The monoisotopic (exact) mass is 394 g/mol. The summed E-state index contributed by atoms with van der Waals surface area (Å²) in [6.07, 6.45) is 3.07. The summed E-state index contributed by atoms with van der Waals surface area (Å²) in [5.74, 6) is -0.536. The number of halogens is 2. The van der Waals surface area contributed by atoms with Crippen LogP contribution in [0, 0.1) is 5.82 Å². The Morgan fingerprint density at radius 3 is 2.71 bits per heavy atom. The molecule has 8 heteroatoms. The van der Waals surface area contributed by atoms with Crippen molar-refractivity contribution in [1.29, 1.82) is 0 Å². The van der Waals surface area contributed by atoms with E-state index in [0.717, 1.165) is 0 Å². The summed E-state index contributed by atoms with van der Waals surface area (Å²) in [5.41, 5.74) is 1.65. The van der Waals surface area contributed by atoms with Crippen molar-refractivity contribution < 1.29 is 13.7 Å². The largest absolute Gasteiger partial charge is 0.334 e. The second kappa shape index (κ2) is 7.58. The van der Waals surface area contributed by atoms with Crippen LogP contribution in [0.25, 0.3) is 22.8 Å². The Kier molecular flexibility index (Phi) is 4.82. The van der Waals surface area contributed by atoms with Gasteiger partial charge in [0.15, 0.2) is 0 Å². The Balaban J connectivity index is 1.58. The highest BCUT2D eigenvalue weighted by Crippen LogP contribution is 2.25. The molecule has 138 valence electrons. The number of hydrogen-bond donors (Lipinski definition) is 1. The maximum absolute atomic E-state index is 13.8. The predicted molar refractivity (Wildman–Crippen MR) is 102 cm³/mol. The molecule has 0 unspecified atom stereocenters. The van der Waals surface area contributed by atoms with Crippen LogP contribution in [0.5, 0.6) is 0 Å². The summed E-state index contributed by atoms with van der Waals surface area (Å²) in [6.45, 7) is 0. The smallest absolute Gasteiger partial charge is 0.259 e. The summed E-state index contributed by atoms with van der Waals surface area (Å²) in [7, 11) is 0. The van der Waals surface area contributed by atoms with Crippen LogP contribution in [0.3, 0.4) is 0 Å². The molecular weight excluding hydrogens is 383 g/mol. The Morgan fingerprint density at radius 2 is 1.89 bits per heavy atom. The van der Waals surface area contributed by atoms with E-state index in [2.05, 4.69) is 20.4 Å². The molecule has 4 rings (SSSR count). The average Bonchev–Trinajstić information content (AvgIpc) is 3.19. The van der Waals surface area contributed by atoms with Gasteiger partial charge in [-0.2, -0.15) is 4.98 Å². The molecule has 0 aliphatic carbocycles. The molecule has 28 heavy (non-hydrogen) atoms. The van der Waals surface area contributed by atoms with Crippen LogP contribution in [0.2, 0.25) is 5.02 Å². The first-order chi connectivity index (χ1) is 13.6. The lowest BCUT2D eigenvalue weighted by molar-refractivity contribution is 0.102. The molecule has 0 bridgehead atoms. The molecule has 2 aromatic carbocycles. The number of hydrogen-bond acceptors (Lipinski definition) is 5. The van der Waals surface area contributed by atoms with Gasteiger partial charge in [-0.1, -0.05) is 41.0 Å². The van der Waals surface area contributed by atoms with E-state index in [-0.39, 0.29) is 11.5 Å². The second-order valence-corrected chi connectivity index (χ2v) is 6.27. The summed E-state index contributed by atoms with van der Waals surface area (Å²) >= 11 is 5.93. The third-order valence-electron chi connectivity index (χ3n) is 3.87. The predicted octanol–water partition coefficient (Wildman–Crippen LogP) is 4.84. The number of amides is 1. The van der Waals surface area contributed by atoms with Gasteiger partial charge in [0.25, 0.3) is 11.8 Å². The highest BCUT2D eigenvalue weighted by molar-refractivity contribution is 6.30. The topological polar surface area (TPSA) is 80.9 Å². The summed E-state index contributed by atoms with van der Waals surface area (Å²) in [4.78, 5) is 20.6. The van der Waals surface area contributed by atoms with Crippen LogP contribution >= 0.6 is 11.6 Å². The number of benzene rings is 2. The van der Waals surface area contributed by atoms with Crippen LogP contribution in [0.4, 0.5) is 10.1 Å². The Bertz CT molecular complexity index is 1160. The maximum Gasteiger partial charge on any atom is 0.259 e. The zero-order valence-corrected chi connectivity index (χ0v) is 15.0. The van der Waals surface area contributed by atoms with E-state index in [9.17, 15) is 9.18 Å². The van der Waals surface area contributed by atoms with Gasteiger partial charge in [-0.15, -0.1) is 0 Å². The molecule has 0 aliphatic heterocycles. The summed E-state index contributed by atoms with van der Waals surface area (Å²) < 4.78 is 19.0. The molecule has 0 atom stereocenters. The molecule has 1 N–H and O–H groups in total. The van der Waals surface area contributed by atoms with E-state index in [0.29, 0.717) is 27.7 Å². The molecule has 0 aliphatic rings. The lowest BCUT2D eigenvalue weighted by Crippen LogP contribution is -2.13. The Hall–Kier alpha value is -3.58. The number of pyridine rings is 1. The fourth-order valence-corrected chi connectivity index (χ4v) is 2.74. The molecule has 2 aromatic heterocycles. The van der Waals surface area contributed by atoms with Gasteiger partial charge in [0, 0.05) is 23.6 Å². The molecule has 1 amide bonds. The standard InChI is InChI=1S/C20H12ClFN4O2/c21-14-8-13(10-23-11-14)20-25-18(26-28-20)12-4-3-5-15(9-12)24-19(27)16-6-1-2-7-17(16)22/h1-11H,(H,24,27). The first kappa shape index (κ1) is 17.8. The van der Waals surface area contributed by atoms with E-state index in [4.69, 9.17) is 16.1 Å². The quantitative estimate of drug-likeness (QED) is 0.535. The lowest BCUT2D eigenvalue weighted by Gasteiger charge is -2.07. The minimum atomic E-state index is -0.589. The highest BCUT2D eigenvalue weighted by atomic mass is 35.5. The fourth-order valence-electron chi connectivity index (χ4n) is 2.57. The minimum absolute atomic E-state index is 0.0387. The van der Waals surface area contributed by atoms with E-state index in [1.54, 1.807) is 42.6 Å². The summed E-state index contributed by atoms with van der Waals surface area (Å²) in [6, 6.07) is 14.3. The molecule has 0 radical (unpaired) electrons. The van der Waals surface area contributed by atoms with E-state index in [1.807, 2.05) is 0 Å². The maximum atomic E-state index is 13.8. The van der Waals surface area contributed by atoms with Gasteiger partial charge in [0.2, 0.25) is 5.82 Å². The van der Waals surface area contributed by atoms with Crippen LogP contribution in [0.1, 0.15) is 10.4 Å². The van der Waals surface area contributed by atoms with Crippen molar-refractivity contribution >= 4 is 23.2 Å². The molecule has 0 saturated carbocycles. The van der Waals surface area contributed by atoms with Crippen molar-refractivity contribution in [2.75, 3.05) is 5.32 Å². The van der Waals surface area contributed by atoms with Gasteiger partial charge in [-0.3, -0.25) is 9.78 Å². The van der Waals surface area contributed by atoms with Crippen molar-refractivity contribution in [3.63, 3.8) is 0 Å². The zero-order valence-electron chi connectivity index (χ0n) is 14.3. The molecule has 6 nitrogen and oxygen atoms in total. The van der Waals surface area contributed by atoms with Gasteiger partial charge >= 0.3 is 0 Å². The van der Waals surface area contributed by atoms with Gasteiger partial charge < -0.3 is 9.84 Å². The fraction of sp³-hybridized carbons (Fsp3) is 0. The van der Waals surface area contributed by atoms with Gasteiger partial charge in [0.1, 0.15) is 5.82 Å². The van der Waals surface area contributed by atoms with Crippen LogP contribution in [-0.4, -0.2) is 21.0 Å². The Morgan fingerprint density at radius 1 is 1.04 bits per heavy atom. The van der Waals surface area contributed by atoms with Crippen molar-refractivity contribution in [2.24, 2.45) is 0 Å². The van der Waals surface area contributed by atoms with Crippen LogP contribution < -0.4 is 5.32 Å². The molecule has 0 fully saturated rings. The third-order valence-corrected chi connectivity index (χ3v) is 4.08. The number of aromatic nitrogens is 3. The first-order valence-corrected chi connectivity index (χ1v) is 8.59. The number of nitrogens with one attached hydrogen (secondary N) is 1. The molecule has 0 spiro atoms. The van der Waals surface area contributed by atoms with Crippen molar-refractivity contribution in [2.45, 2.75) is 0 Å². The number of anilines is 1. The molecule has 2 heterocycles. The molecule has 0 saturated heterocycles. The normalized spacial score (nSPS) is 10.6. The first-order valence-electron chi connectivity index (χ1n) is 8.21. The Labute approximate surface area is 164 Å².